The van der Waals surface area contributed by atoms with Crippen molar-refractivity contribution in [2.75, 3.05) is 19.6 Å². The maximum Gasteiger partial charge on any atom is 0.0165 e. The quantitative estimate of drug-likeness (QED) is 0.497. The molecule has 0 aliphatic heterocycles. The van der Waals surface area contributed by atoms with Crippen LogP contribution in [0.3, 0.4) is 0 Å². The highest BCUT2D eigenvalue weighted by Crippen LogP contribution is 2.14. The Hall–Kier alpha value is -0.340. The van der Waals surface area contributed by atoms with Gasteiger partial charge in [-0.3, -0.25) is 4.90 Å². The van der Waals surface area contributed by atoms with Crippen molar-refractivity contribution in [1.82, 2.24) is 10.2 Å². The van der Waals surface area contributed by atoms with Gasteiger partial charge in [-0.2, -0.15) is 0 Å². The molecule has 0 unspecified atom stereocenters. The predicted octanol–water partition coefficient (Wildman–Crippen LogP) is 4.22. The molecule has 0 spiro atoms. The number of rotatable bonds is 9. The molecule has 0 saturated carbocycles. The van der Waals surface area contributed by atoms with Crippen molar-refractivity contribution in [3.63, 3.8) is 0 Å². The molecule has 2 nitrogen and oxygen atoms in total. The molecule has 0 radical (unpaired) electrons. The first-order chi connectivity index (χ1) is 8.67. The van der Waals surface area contributed by atoms with Crippen LogP contribution in [0.25, 0.3) is 0 Å². The molecule has 2 heteroatoms. The number of nitrogens with one attached hydrogen (secondary N) is 1. The molecule has 1 N–H and O–H groups in total. The van der Waals surface area contributed by atoms with Crippen LogP contribution in [0, 0.1) is 0 Å². The van der Waals surface area contributed by atoms with Crippen LogP contribution in [0.15, 0.2) is 12.7 Å². The van der Waals surface area contributed by atoms with Gasteiger partial charge < -0.3 is 5.32 Å². The number of hydrogen-bond acceptors (Lipinski definition) is 2. The molecule has 0 rings (SSSR count). The second-order valence-electron chi connectivity index (χ2n) is 7.50. The third kappa shape index (κ3) is 11.2. The van der Waals surface area contributed by atoms with Gasteiger partial charge in [0.05, 0.1) is 0 Å². The molecule has 0 fully saturated rings. The molecule has 19 heavy (non-hydrogen) atoms. The third-order valence-electron chi connectivity index (χ3n) is 3.31. The van der Waals surface area contributed by atoms with Crippen molar-refractivity contribution in [1.29, 1.82) is 0 Å². The van der Waals surface area contributed by atoms with Crippen molar-refractivity contribution in [2.45, 2.75) is 78.3 Å². The van der Waals surface area contributed by atoms with Gasteiger partial charge in [-0.1, -0.05) is 18.9 Å². The van der Waals surface area contributed by atoms with Crippen molar-refractivity contribution in [2.24, 2.45) is 0 Å². The van der Waals surface area contributed by atoms with E-state index in [1.807, 2.05) is 6.08 Å². The van der Waals surface area contributed by atoms with E-state index in [2.05, 4.69) is 58.3 Å². The van der Waals surface area contributed by atoms with E-state index in [0.29, 0.717) is 0 Å². The van der Waals surface area contributed by atoms with Crippen molar-refractivity contribution < 1.29 is 0 Å². The average molecular weight is 268 g/mol. The maximum atomic E-state index is 3.86. The van der Waals surface area contributed by atoms with Gasteiger partial charge in [-0.25, -0.2) is 0 Å². The first-order valence-electron chi connectivity index (χ1n) is 7.78. The second kappa shape index (κ2) is 8.76. The Morgan fingerprint density at radius 1 is 0.947 bits per heavy atom. The Labute approximate surface area is 121 Å². The minimum Gasteiger partial charge on any atom is -0.312 e. The molecule has 0 saturated heterocycles. The minimum atomic E-state index is 0.252. The lowest BCUT2D eigenvalue weighted by Gasteiger charge is -2.34. The summed E-state index contributed by atoms with van der Waals surface area (Å²) in [6, 6.07) is 0. The monoisotopic (exact) mass is 268 g/mol. The van der Waals surface area contributed by atoms with E-state index in [4.69, 9.17) is 0 Å². The van der Waals surface area contributed by atoms with E-state index < -0.39 is 0 Å². The third-order valence-corrected chi connectivity index (χ3v) is 3.31. The smallest absolute Gasteiger partial charge is 0.0165 e. The molecular weight excluding hydrogens is 232 g/mol. The van der Waals surface area contributed by atoms with Gasteiger partial charge in [0.1, 0.15) is 0 Å². The molecule has 0 aliphatic rings. The van der Waals surface area contributed by atoms with Gasteiger partial charge in [-0.05, 0) is 67.5 Å². The lowest BCUT2D eigenvalue weighted by atomic mass is 10.0. The summed E-state index contributed by atoms with van der Waals surface area (Å²) < 4.78 is 0. The summed E-state index contributed by atoms with van der Waals surface area (Å²) in [4.78, 5) is 2.51. The SMILES string of the molecule is C=CCN(CCCCCCNC(C)(C)C)C(C)(C)C. The van der Waals surface area contributed by atoms with Gasteiger partial charge in [0.2, 0.25) is 0 Å². The molecule has 0 aliphatic carbocycles. The fraction of sp³-hybridized carbons (Fsp3) is 0.882. The standard InChI is InChI=1S/C17H36N2/c1-8-14-19(17(5,6)7)15-12-10-9-11-13-18-16(2,3)4/h8,18H,1,9-15H2,2-7H3. The predicted molar refractivity (Wildman–Crippen MR) is 87.7 cm³/mol. The van der Waals surface area contributed by atoms with Crippen LogP contribution in [0.2, 0.25) is 0 Å². The fourth-order valence-electron chi connectivity index (χ4n) is 2.10. The Bertz CT molecular complexity index is 233. The molecule has 0 atom stereocenters. The summed E-state index contributed by atoms with van der Waals surface area (Å²) in [5.41, 5.74) is 0.509. The molecule has 0 aromatic heterocycles. The maximum absolute atomic E-state index is 3.86. The van der Waals surface area contributed by atoms with Crippen LogP contribution in [0.1, 0.15) is 67.2 Å². The van der Waals surface area contributed by atoms with Gasteiger partial charge in [0.25, 0.3) is 0 Å². The zero-order chi connectivity index (χ0) is 14.9. The number of unbranched alkanes of at least 4 members (excludes halogenated alkanes) is 3. The molecule has 0 aromatic carbocycles. The van der Waals surface area contributed by atoms with Crippen molar-refractivity contribution in [3.05, 3.63) is 12.7 Å². The average Bonchev–Trinajstić information content (AvgIpc) is 2.23. The first kappa shape index (κ1) is 18.7. The van der Waals surface area contributed by atoms with Crippen LogP contribution in [0.4, 0.5) is 0 Å². The normalized spacial score (nSPS) is 13.0. The number of nitrogens with zero attached hydrogens (tertiary/aromatic N) is 1. The Balaban J connectivity index is 3.64. The molecule has 0 heterocycles. The first-order valence-corrected chi connectivity index (χ1v) is 7.78. The zero-order valence-corrected chi connectivity index (χ0v) is 14.2. The van der Waals surface area contributed by atoms with E-state index in [1.165, 1.54) is 32.2 Å². The highest BCUT2D eigenvalue weighted by molar-refractivity contribution is 4.82. The summed E-state index contributed by atoms with van der Waals surface area (Å²) >= 11 is 0. The molecular formula is C17H36N2. The van der Waals surface area contributed by atoms with Gasteiger partial charge >= 0.3 is 0 Å². The topological polar surface area (TPSA) is 15.3 Å². The number of hydrogen-bond donors (Lipinski definition) is 1. The van der Waals surface area contributed by atoms with Gasteiger partial charge in [-0.15, -0.1) is 6.58 Å². The molecule has 0 bridgehead atoms. The zero-order valence-electron chi connectivity index (χ0n) is 14.2. The summed E-state index contributed by atoms with van der Waals surface area (Å²) in [7, 11) is 0. The largest absolute Gasteiger partial charge is 0.312 e. The lowest BCUT2D eigenvalue weighted by Crippen LogP contribution is -2.42. The fourth-order valence-corrected chi connectivity index (χ4v) is 2.10. The van der Waals surface area contributed by atoms with E-state index in [9.17, 15) is 0 Å². The Morgan fingerprint density at radius 3 is 2.00 bits per heavy atom. The highest BCUT2D eigenvalue weighted by atomic mass is 15.2. The van der Waals surface area contributed by atoms with Gasteiger partial charge in [0, 0.05) is 17.6 Å². The summed E-state index contributed by atoms with van der Waals surface area (Å²) in [6.45, 7) is 20.7. The Morgan fingerprint density at radius 2 is 1.53 bits per heavy atom. The van der Waals surface area contributed by atoms with E-state index in [-0.39, 0.29) is 11.1 Å². The summed E-state index contributed by atoms with van der Waals surface area (Å²) in [6.07, 6.45) is 7.25. The van der Waals surface area contributed by atoms with Crippen molar-refractivity contribution >= 4 is 0 Å². The molecule has 0 aromatic rings. The minimum absolute atomic E-state index is 0.252. The van der Waals surface area contributed by atoms with Crippen LogP contribution in [0.5, 0.6) is 0 Å². The van der Waals surface area contributed by atoms with Crippen LogP contribution in [-0.2, 0) is 0 Å². The molecule has 0 amide bonds. The Kier molecular flexibility index (Phi) is 8.60. The van der Waals surface area contributed by atoms with Crippen molar-refractivity contribution in [3.8, 4) is 0 Å². The van der Waals surface area contributed by atoms with Crippen LogP contribution < -0.4 is 5.32 Å². The van der Waals surface area contributed by atoms with Gasteiger partial charge in [0.15, 0.2) is 0 Å². The van der Waals surface area contributed by atoms with E-state index in [1.54, 1.807) is 0 Å². The summed E-state index contributed by atoms with van der Waals surface area (Å²) in [5.74, 6) is 0. The molecule has 114 valence electrons. The lowest BCUT2D eigenvalue weighted by molar-refractivity contribution is 0.151. The summed E-state index contributed by atoms with van der Waals surface area (Å²) in [5, 5.41) is 3.54. The highest BCUT2D eigenvalue weighted by Gasteiger charge is 2.18. The van der Waals surface area contributed by atoms with E-state index in [0.717, 1.165) is 13.1 Å². The van der Waals surface area contributed by atoms with Crippen LogP contribution >= 0.6 is 0 Å². The van der Waals surface area contributed by atoms with Crippen LogP contribution in [-0.4, -0.2) is 35.6 Å². The second-order valence-corrected chi connectivity index (χ2v) is 7.50. The van der Waals surface area contributed by atoms with E-state index >= 15 is 0 Å².